The lowest BCUT2D eigenvalue weighted by Gasteiger charge is -2.34. The Balaban J connectivity index is 1.47. The minimum Gasteiger partial charge on any atom is -0.477 e. The van der Waals surface area contributed by atoms with E-state index in [0.29, 0.717) is 29.6 Å². The zero-order chi connectivity index (χ0) is 19.5. The van der Waals surface area contributed by atoms with E-state index in [0.717, 1.165) is 4.88 Å². The topological polar surface area (TPSA) is 97.6 Å². The summed E-state index contributed by atoms with van der Waals surface area (Å²) in [5.41, 5.74) is 0.650. The van der Waals surface area contributed by atoms with Gasteiger partial charge in [0, 0.05) is 19.9 Å². The number of nitrogens with one attached hydrogen (secondary N) is 1. The molecule has 0 fully saturated rings. The Morgan fingerprint density at radius 3 is 2.93 bits per heavy atom. The van der Waals surface area contributed by atoms with Gasteiger partial charge in [-0.2, -0.15) is 4.98 Å². The molecule has 1 N–H and O–H groups in total. The van der Waals surface area contributed by atoms with Crippen molar-refractivity contribution in [1.82, 2.24) is 15.5 Å². The predicted molar refractivity (Wildman–Crippen MR) is 103 cm³/mol. The number of hydrogen-bond donors (Lipinski definition) is 1. The van der Waals surface area contributed by atoms with Crippen molar-refractivity contribution in [1.29, 1.82) is 0 Å². The van der Waals surface area contributed by atoms with Crippen LogP contribution in [0, 0.1) is 0 Å². The summed E-state index contributed by atoms with van der Waals surface area (Å²) in [5, 5.41) is 8.46. The van der Waals surface area contributed by atoms with E-state index in [1.807, 2.05) is 23.6 Å². The van der Waals surface area contributed by atoms with Crippen LogP contribution in [0.5, 0.6) is 5.75 Å². The van der Waals surface area contributed by atoms with E-state index < -0.39 is 6.10 Å². The zero-order valence-electron chi connectivity index (χ0n) is 15.1. The second-order valence-electron chi connectivity index (χ2n) is 6.18. The first-order valence-corrected chi connectivity index (χ1v) is 9.68. The normalized spacial score (nSPS) is 15.6. The Kier molecular flexibility index (Phi) is 5.07. The Morgan fingerprint density at radius 1 is 1.29 bits per heavy atom. The average molecular weight is 398 g/mol. The van der Waals surface area contributed by atoms with Gasteiger partial charge in [-0.25, -0.2) is 0 Å². The minimum atomic E-state index is -0.752. The fourth-order valence-corrected chi connectivity index (χ4v) is 3.63. The molecule has 1 aliphatic rings. The van der Waals surface area contributed by atoms with Crippen LogP contribution < -0.4 is 15.0 Å². The molecule has 1 aliphatic heterocycles. The molecule has 0 saturated carbocycles. The minimum absolute atomic E-state index is 0.138. The number of rotatable bonds is 5. The Morgan fingerprint density at radius 2 is 2.14 bits per heavy atom. The molecular formula is C19H18N4O4S. The fourth-order valence-electron chi connectivity index (χ4n) is 2.98. The third kappa shape index (κ3) is 3.61. The number of para-hydroxylation sites is 2. The lowest BCUT2D eigenvalue weighted by Crippen LogP contribution is -2.50. The number of hydrogen-bond acceptors (Lipinski definition) is 7. The standard InChI is InChI=1S/C19H18N4O4S/c1-20-19(25)14-11-23(12-5-2-3-6-13(12)26-14)17(24)9-8-16-21-18(22-27-16)15-7-4-10-28-15/h2-7,10,14H,8-9,11H2,1H3,(H,20,25)/t14-/m1/s1. The molecule has 3 aromatic rings. The second kappa shape index (κ2) is 7.81. The van der Waals surface area contributed by atoms with Gasteiger partial charge in [0.25, 0.3) is 5.91 Å². The van der Waals surface area contributed by atoms with Crippen LogP contribution in [0.2, 0.25) is 0 Å². The van der Waals surface area contributed by atoms with E-state index in [4.69, 9.17) is 9.26 Å². The number of ether oxygens (including phenoxy) is 1. The monoisotopic (exact) mass is 398 g/mol. The molecule has 0 spiro atoms. The molecule has 2 amide bonds. The maximum atomic E-state index is 12.9. The van der Waals surface area contributed by atoms with Crippen LogP contribution >= 0.6 is 11.3 Å². The van der Waals surface area contributed by atoms with E-state index in [9.17, 15) is 9.59 Å². The number of thiophene rings is 1. The van der Waals surface area contributed by atoms with Crippen molar-refractivity contribution < 1.29 is 18.8 Å². The number of amides is 2. The molecule has 28 heavy (non-hydrogen) atoms. The van der Waals surface area contributed by atoms with Crippen LogP contribution in [-0.2, 0) is 16.0 Å². The molecule has 0 radical (unpaired) electrons. The molecule has 0 saturated heterocycles. The molecule has 0 aliphatic carbocycles. The number of aromatic nitrogens is 2. The Labute approximate surface area is 165 Å². The lowest BCUT2D eigenvalue weighted by atomic mass is 10.1. The van der Waals surface area contributed by atoms with Crippen LogP contribution in [0.25, 0.3) is 10.7 Å². The summed E-state index contributed by atoms with van der Waals surface area (Å²) in [6.07, 6.45) is -0.250. The number of likely N-dealkylation sites (N-methyl/N-ethyl adjacent to an activating group) is 1. The van der Waals surface area contributed by atoms with Crippen LogP contribution in [0.1, 0.15) is 12.3 Å². The van der Waals surface area contributed by atoms with Crippen LogP contribution in [0.4, 0.5) is 5.69 Å². The SMILES string of the molecule is CNC(=O)[C@H]1CN(C(=O)CCc2nc(-c3cccs3)no2)c2ccccc2O1. The van der Waals surface area contributed by atoms with Gasteiger partial charge in [0.15, 0.2) is 6.10 Å². The molecule has 9 heteroatoms. The van der Waals surface area contributed by atoms with E-state index >= 15 is 0 Å². The number of carbonyl (C=O) groups is 2. The first-order valence-electron chi connectivity index (χ1n) is 8.80. The highest BCUT2D eigenvalue weighted by molar-refractivity contribution is 7.13. The van der Waals surface area contributed by atoms with Gasteiger partial charge in [-0.3, -0.25) is 9.59 Å². The maximum Gasteiger partial charge on any atom is 0.262 e. The van der Waals surface area contributed by atoms with Crippen LogP contribution in [0.3, 0.4) is 0 Å². The van der Waals surface area contributed by atoms with E-state index in [-0.39, 0.29) is 24.8 Å². The van der Waals surface area contributed by atoms with Crippen molar-refractivity contribution in [2.24, 2.45) is 0 Å². The van der Waals surface area contributed by atoms with Crippen molar-refractivity contribution in [3.05, 3.63) is 47.7 Å². The summed E-state index contributed by atoms with van der Waals surface area (Å²) >= 11 is 1.52. The molecule has 4 rings (SSSR count). The largest absolute Gasteiger partial charge is 0.477 e. The smallest absolute Gasteiger partial charge is 0.262 e. The molecule has 2 aromatic heterocycles. The number of anilines is 1. The number of fused-ring (bicyclic) bond motifs is 1. The second-order valence-corrected chi connectivity index (χ2v) is 7.13. The van der Waals surface area contributed by atoms with Gasteiger partial charge in [-0.05, 0) is 23.6 Å². The van der Waals surface area contributed by atoms with Gasteiger partial charge < -0.3 is 19.5 Å². The number of carbonyl (C=O) groups excluding carboxylic acids is 2. The molecule has 1 aromatic carbocycles. The first kappa shape index (κ1) is 18.2. The lowest BCUT2D eigenvalue weighted by molar-refractivity contribution is -0.127. The first-order chi connectivity index (χ1) is 13.7. The highest BCUT2D eigenvalue weighted by Crippen LogP contribution is 2.33. The molecule has 144 valence electrons. The maximum absolute atomic E-state index is 12.9. The molecule has 0 unspecified atom stereocenters. The van der Waals surface area contributed by atoms with Crippen molar-refractivity contribution in [2.45, 2.75) is 18.9 Å². The average Bonchev–Trinajstić information content (AvgIpc) is 3.42. The summed E-state index contributed by atoms with van der Waals surface area (Å²) in [6.45, 7) is 0.153. The van der Waals surface area contributed by atoms with Gasteiger partial charge >= 0.3 is 0 Å². The Bertz CT molecular complexity index is 986. The van der Waals surface area contributed by atoms with Crippen molar-refractivity contribution >= 4 is 28.8 Å². The van der Waals surface area contributed by atoms with Gasteiger partial charge in [0.1, 0.15) is 5.75 Å². The quantitative estimate of drug-likeness (QED) is 0.708. The fraction of sp³-hybridized carbons (Fsp3) is 0.263. The third-order valence-electron chi connectivity index (χ3n) is 4.38. The summed E-state index contributed by atoms with van der Waals surface area (Å²) < 4.78 is 11.0. The van der Waals surface area contributed by atoms with Gasteiger partial charge in [0.2, 0.25) is 17.6 Å². The van der Waals surface area contributed by atoms with Crippen molar-refractivity contribution in [2.75, 3.05) is 18.5 Å². The highest BCUT2D eigenvalue weighted by Gasteiger charge is 2.33. The van der Waals surface area contributed by atoms with Crippen LogP contribution in [-0.4, -0.2) is 41.7 Å². The van der Waals surface area contributed by atoms with E-state index in [1.54, 1.807) is 30.1 Å². The van der Waals surface area contributed by atoms with Gasteiger partial charge in [-0.15, -0.1) is 11.3 Å². The summed E-state index contributed by atoms with van der Waals surface area (Å²) in [5.74, 6) is 1.02. The molecule has 0 bridgehead atoms. The van der Waals surface area contributed by atoms with E-state index in [2.05, 4.69) is 15.5 Å². The number of benzene rings is 1. The summed E-state index contributed by atoms with van der Waals surface area (Å²) in [4.78, 5) is 31.7. The van der Waals surface area contributed by atoms with Gasteiger partial charge in [0.05, 0.1) is 17.1 Å². The summed E-state index contributed by atoms with van der Waals surface area (Å²) in [7, 11) is 1.54. The molecule has 1 atom stereocenters. The number of nitrogens with zero attached hydrogens (tertiary/aromatic N) is 3. The van der Waals surface area contributed by atoms with Crippen molar-refractivity contribution in [3.63, 3.8) is 0 Å². The van der Waals surface area contributed by atoms with Crippen LogP contribution in [0.15, 0.2) is 46.3 Å². The van der Waals surface area contributed by atoms with E-state index in [1.165, 1.54) is 11.3 Å². The third-order valence-corrected chi connectivity index (χ3v) is 5.24. The zero-order valence-corrected chi connectivity index (χ0v) is 15.9. The van der Waals surface area contributed by atoms with Crippen molar-refractivity contribution in [3.8, 4) is 16.5 Å². The molecule has 3 heterocycles. The molecular weight excluding hydrogens is 380 g/mol. The molecule has 8 nitrogen and oxygen atoms in total. The van der Waals surface area contributed by atoms with Gasteiger partial charge in [-0.1, -0.05) is 23.4 Å². The number of aryl methyl sites for hydroxylation is 1. The predicted octanol–water partition coefficient (Wildman–Crippen LogP) is 2.27. The highest BCUT2D eigenvalue weighted by atomic mass is 32.1. The Hall–Kier alpha value is -3.20. The summed E-state index contributed by atoms with van der Waals surface area (Å²) in [6, 6.07) is 11.0.